The number of fused-ring (bicyclic) bond motifs is 1. The van der Waals surface area contributed by atoms with E-state index in [1.807, 2.05) is 0 Å². The third kappa shape index (κ3) is 0.685. The molecule has 52 valence electrons. The Hall–Kier alpha value is -1.05. The molecule has 0 aromatic carbocycles. The van der Waals surface area contributed by atoms with Crippen LogP contribution in [0, 0.1) is 0 Å². The molecule has 2 rings (SSSR count). The van der Waals surface area contributed by atoms with Crippen LogP contribution in [0.5, 0.6) is 0 Å². The lowest BCUT2D eigenvalue weighted by molar-refractivity contribution is 0.392. The predicted octanol–water partition coefficient (Wildman–Crippen LogP) is 0.419. The standard InChI is InChI=1S/C8H9NO/c1-6-3-2-4-8-7(6)5-9-10-8/h4-5H,2-3H2,1H3. The molecule has 2 heteroatoms. The molecule has 1 aliphatic rings. The largest absolute Gasteiger partial charge is 0.357 e. The topological polar surface area (TPSA) is 26.0 Å². The lowest BCUT2D eigenvalue weighted by Gasteiger charge is -1.98. The van der Waals surface area contributed by atoms with E-state index in [9.17, 15) is 0 Å². The summed E-state index contributed by atoms with van der Waals surface area (Å²) in [6.45, 7) is 2.13. The zero-order valence-electron chi connectivity index (χ0n) is 5.92. The summed E-state index contributed by atoms with van der Waals surface area (Å²) in [4.78, 5) is 0. The van der Waals surface area contributed by atoms with E-state index in [1.165, 1.54) is 10.8 Å². The van der Waals surface area contributed by atoms with Gasteiger partial charge < -0.3 is 4.52 Å². The first-order valence-corrected chi connectivity index (χ1v) is 3.48. The Balaban J connectivity index is 2.91. The molecule has 1 aliphatic carbocycles. The maximum absolute atomic E-state index is 5.00. The summed E-state index contributed by atoms with van der Waals surface area (Å²) in [7, 11) is 0. The second kappa shape index (κ2) is 1.97. The summed E-state index contributed by atoms with van der Waals surface area (Å²) in [6, 6.07) is 0. The SMILES string of the molecule is CC1=c2cnoc2=CCC1. The van der Waals surface area contributed by atoms with Crippen molar-refractivity contribution in [3.05, 3.63) is 16.8 Å². The van der Waals surface area contributed by atoms with Crippen molar-refractivity contribution in [2.24, 2.45) is 0 Å². The van der Waals surface area contributed by atoms with Crippen molar-refractivity contribution in [1.29, 1.82) is 0 Å². The summed E-state index contributed by atoms with van der Waals surface area (Å²) < 4.78 is 5.00. The van der Waals surface area contributed by atoms with E-state index < -0.39 is 0 Å². The number of aromatic nitrogens is 1. The van der Waals surface area contributed by atoms with E-state index >= 15 is 0 Å². The second-order valence-corrected chi connectivity index (χ2v) is 2.63. The minimum absolute atomic E-state index is 0.948. The fraction of sp³-hybridized carbons (Fsp3) is 0.375. The Morgan fingerprint density at radius 2 is 2.50 bits per heavy atom. The van der Waals surface area contributed by atoms with Crippen LogP contribution >= 0.6 is 0 Å². The molecule has 0 bridgehead atoms. The van der Waals surface area contributed by atoms with Crippen molar-refractivity contribution in [1.82, 2.24) is 5.16 Å². The summed E-state index contributed by atoms with van der Waals surface area (Å²) in [6.07, 6.45) is 6.12. The van der Waals surface area contributed by atoms with E-state index in [4.69, 9.17) is 4.52 Å². The second-order valence-electron chi connectivity index (χ2n) is 2.63. The van der Waals surface area contributed by atoms with Gasteiger partial charge in [-0.1, -0.05) is 10.7 Å². The number of nitrogens with zero attached hydrogens (tertiary/aromatic N) is 1. The molecule has 0 radical (unpaired) electrons. The van der Waals surface area contributed by atoms with Gasteiger partial charge in [0.25, 0.3) is 0 Å². The molecule has 0 saturated heterocycles. The van der Waals surface area contributed by atoms with Gasteiger partial charge in [0, 0.05) is 5.22 Å². The van der Waals surface area contributed by atoms with Crippen LogP contribution in [0.25, 0.3) is 11.6 Å². The Labute approximate surface area is 58.8 Å². The van der Waals surface area contributed by atoms with Gasteiger partial charge >= 0.3 is 0 Å². The van der Waals surface area contributed by atoms with Crippen molar-refractivity contribution in [3.8, 4) is 0 Å². The first-order valence-electron chi connectivity index (χ1n) is 3.48. The van der Waals surface area contributed by atoms with Crippen LogP contribution in [0.2, 0.25) is 0 Å². The molecular weight excluding hydrogens is 126 g/mol. The van der Waals surface area contributed by atoms with Gasteiger partial charge in [-0.05, 0) is 25.8 Å². The Kier molecular flexibility index (Phi) is 1.13. The van der Waals surface area contributed by atoms with Gasteiger partial charge in [0.1, 0.15) is 0 Å². The lowest BCUT2D eigenvalue weighted by atomic mass is 10.1. The maximum Gasteiger partial charge on any atom is 0.162 e. The molecule has 10 heavy (non-hydrogen) atoms. The molecule has 0 aliphatic heterocycles. The van der Waals surface area contributed by atoms with Crippen molar-refractivity contribution in [2.75, 3.05) is 0 Å². The van der Waals surface area contributed by atoms with E-state index in [-0.39, 0.29) is 0 Å². The van der Waals surface area contributed by atoms with E-state index in [0.29, 0.717) is 0 Å². The molecule has 2 nitrogen and oxygen atoms in total. The van der Waals surface area contributed by atoms with Crippen LogP contribution in [-0.2, 0) is 0 Å². The quantitative estimate of drug-likeness (QED) is 0.515. The highest BCUT2D eigenvalue weighted by Crippen LogP contribution is 2.04. The first-order chi connectivity index (χ1) is 4.88. The van der Waals surface area contributed by atoms with Gasteiger partial charge in [-0.3, -0.25) is 0 Å². The summed E-state index contributed by atoms with van der Waals surface area (Å²) >= 11 is 0. The molecule has 0 atom stereocenters. The van der Waals surface area contributed by atoms with Crippen LogP contribution < -0.4 is 10.6 Å². The van der Waals surface area contributed by atoms with Crippen LogP contribution in [0.4, 0.5) is 0 Å². The Bertz CT molecular complexity index is 348. The van der Waals surface area contributed by atoms with Gasteiger partial charge in [0.2, 0.25) is 0 Å². The van der Waals surface area contributed by atoms with E-state index in [0.717, 1.165) is 18.3 Å². The van der Waals surface area contributed by atoms with E-state index in [2.05, 4.69) is 18.2 Å². The monoisotopic (exact) mass is 135 g/mol. The maximum atomic E-state index is 5.00. The molecule has 1 aromatic heterocycles. The van der Waals surface area contributed by atoms with Crippen molar-refractivity contribution < 1.29 is 4.52 Å². The van der Waals surface area contributed by atoms with Gasteiger partial charge in [0.05, 0.1) is 6.20 Å². The number of rotatable bonds is 0. The highest BCUT2D eigenvalue weighted by molar-refractivity contribution is 5.46. The zero-order valence-corrected chi connectivity index (χ0v) is 5.92. The lowest BCUT2D eigenvalue weighted by Crippen LogP contribution is -2.24. The zero-order chi connectivity index (χ0) is 6.97. The van der Waals surface area contributed by atoms with Crippen molar-refractivity contribution >= 4 is 11.6 Å². The average molecular weight is 135 g/mol. The minimum atomic E-state index is 0.948. The van der Waals surface area contributed by atoms with Gasteiger partial charge in [0.15, 0.2) is 5.42 Å². The third-order valence-electron chi connectivity index (χ3n) is 1.91. The third-order valence-corrected chi connectivity index (χ3v) is 1.91. The summed E-state index contributed by atoms with van der Waals surface area (Å²) in [5.74, 6) is 0. The number of hydrogen-bond acceptors (Lipinski definition) is 2. The van der Waals surface area contributed by atoms with Crippen molar-refractivity contribution in [3.63, 3.8) is 0 Å². The normalized spacial score (nSPS) is 16.3. The van der Waals surface area contributed by atoms with Crippen molar-refractivity contribution in [2.45, 2.75) is 19.8 Å². The predicted molar refractivity (Wildman–Crippen MR) is 38.5 cm³/mol. The molecule has 0 amide bonds. The highest BCUT2D eigenvalue weighted by atomic mass is 16.5. The van der Waals surface area contributed by atoms with Gasteiger partial charge in [-0.15, -0.1) is 0 Å². The molecule has 1 aromatic rings. The average Bonchev–Trinajstić information content (AvgIpc) is 2.36. The van der Waals surface area contributed by atoms with Crippen LogP contribution in [0.1, 0.15) is 19.8 Å². The van der Waals surface area contributed by atoms with E-state index in [1.54, 1.807) is 6.20 Å². The molecular formula is C8H9NO. The highest BCUT2D eigenvalue weighted by Gasteiger charge is 2.01. The summed E-state index contributed by atoms with van der Waals surface area (Å²) in [5, 5.41) is 4.91. The van der Waals surface area contributed by atoms with Crippen LogP contribution in [0.3, 0.4) is 0 Å². The fourth-order valence-electron chi connectivity index (χ4n) is 1.27. The molecule has 0 fully saturated rings. The molecule has 0 saturated carbocycles. The molecule has 1 heterocycles. The molecule has 0 spiro atoms. The Morgan fingerprint density at radius 1 is 1.60 bits per heavy atom. The van der Waals surface area contributed by atoms with Crippen LogP contribution in [-0.4, -0.2) is 5.16 Å². The molecule has 0 N–H and O–H groups in total. The van der Waals surface area contributed by atoms with Crippen LogP contribution in [0.15, 0.2) is 10.7 Å². The van der Waals surface area contributed by atoms with Gasteiger partial charge in [-0.2, -0.15) is 0 Å². The molecule has 0 unspecified atom stereocenters. The minimum Gasteiger partial charge on any atom is -0.357 e. The smallest absolute Gasteiger partial charge is 0.162 e. The fourth-order valence-corrected chi connectivity index (χ4v) is 1.27. The summed E-state index contributed by atoms with van der Waals surface area (Å²) in [5.41, 5.74) is 2.34. The Morgan fingerprint density at radius 3 is 3.30 bits per heavy atom. The first kappa shape index (κ1) is 5.71. The van der Waals surface area contributed by atoms with Gasteiger partial charge in [-0.25, -0.2) is 0 Å². The number of hydrogen-bond donors (Lipinski definition) is 0.